The molecular weight excluding hydrogens is 867 g/mol. The zero-order chi connectivity index (χ0) is 45.5. The summed E-state index contributed by atoms with van der Waals surface area (Å²) >= 11 is 3.24. The smallest absolute Gasteiger partial charge is 0.393 e. The van der Waals surface area contributed by atoms with Gasteiger partial charge in [0.2, 0.25) is 12.6 Å². The summed E-state index contributed by atoms with van der Waals surface area (Å²) < 4.78 is 68.8. The first-order valence-electron chi connectivity index (χ1n) is 19.3. The van der Waals surface area contributed by atoms with Gasteiger partial charge in [0.15, 0.2) is 0 Å². The monoisotopic (exact) mass is 908 g/mol. The van der Waals surface area contributed by atoms with Gasteiger partial charge < -0.3 is 29.6 Å². The highest BCUT2D eigenvalue weighted by atomic mass is 32.1. The number of carbonyl (C=O) groups is 2. The fourth-order valence-electron chi connectivity index (χ4n) is 7.88. The van der Waals surface area contributed by atoms with Crippen LogP contribution in [-0.4, -0.2) is 86.6 Å². The van der Waals surface area contributed by atoms with Crippen LogP contribution in [-0.2, 0) is 9.59 Å². The Morgan fingerprint density at radius 2 is 1.06 bits per heavy atom. The SMILES string of the molecule is C[C@@H](O)c1nc2cnc3ccsc3c2n1[C@@H]1CC[C@@H](CC#N)[C@H](O)C1.C[C@@H](O)c1nc2cnc3ccsc3c2n1[C@H]1CC[C@H](CC#N)[C@@H](O)C1.O=CC(F)(F)F.O=CC(F)(F)F. The molecule has 22 heteroatoms. The number of alkyl halides is 6. The van der Waals surface area contributed by atoms with Crippen molar-refractivity contribution in [1.29, 1.82) is 10.5 Å². The molecule has 8 rings (SSSR count). The minimum Gasteiger partial charge on any atom is -0.393 e. The van der Waals surface area contributed by atoms with Gasteiger partial charge in [-0.25, -0.2) is 9.97 Å². The second-order valence-electron chi connectivity index (χ2n) is 14.9. The lowest BCUT2D eigenvalue weighted by Crippen LogP contribution is -2.31. The molecule has 0 aliphatic heterocycles. The normalized spacial score (nSPS) is 22.5. The summed E-state index contributed by atoms with van der Waals surface area (Å²) in [4.78, 5) is 35.5. The summed E-state index contributed by atoms with van der Waals surface area (Å²) in [7, 11) is 0. The number of aliphatic hydroxyl groups excluding tert-OH is 4. The number of nitriles is 2. The van der Waals surface area contributed by atoms with E-state index in [-0.39, 0.29) is 23.9 Å². The minimum atomic E-state index is -4.64. The van der Waals surface area contributed by atoms with E-state index in [0.29, 0.717) is 37.3 Å². The topological polar surface area (TPSA) is 224 Å². The van der Waals surface area contributed by atoms with Crippen molar-refractivity contribution in [2.24, 2.45) is 11.8 Å². The molecule has 2 aliphatic rings. The standard InChI is InChI=1S/2C18H20N4O2S.2C2HF3O/c2*1-10(23)18-21-14-9-20-13-5-7-25-17(13)16(14)22(18)12-3-2-11(4-6-19)15(24)8-12;2*3-2(4,5)1-6/h2*5,7,9-12,15,23-24H,2-4,8H2,1H3;2*1H/t10-,11+,12-,15-;10-,11-,12+,15+;;/m11../s1. The molecule has 0 saturated heterocycles. The van der Waals surface area contributed by atoms with E-state index in [1.54, 1.807) is 48.9 Å². The Morgan fingerprint density at radius 3 is 1.35 bits per heavy atom. The van der Waals surface area contributed by atoms with Crippen LogP contribution in [0.3, 0.4) is 0 Å². The number of hydrogen-bond acceptors (Lipinski definition) is 14. The van der Waals surface area contributed by atoms with Gasteiger partial charge in [0, 0.05) is 24.9 Å². The number of fused-ring (bicyclic) bond motifs is 6. The van der Waals surface area contributed by atoms with Crippen molar-refractivity contribution in [2.45, 2.75) is 114 Å². The highest BCUT2D eigenvalue weighted by molar-refractivity contribution is 7.18. The number of aldehydes is 2. The Balaban J connectivity index is 0.000000186. The number of halogens is 6. The van der Waals surface area contributed by atoms with Crippen LogP contribution in [0.2, 0.25) is 0 Å². The molecular formula is C40H42F6N8O6S2. The van der Waals surface area contributed by atoms with Crippen LogP contribution in [0.4, 0.5) is 26.3 Å². The van der Waals surface area contributed by atoms with Gasteiger partial charge in [-0.15, -0.1) is 22.7 Å². The van der Waals surface area contributed by atoms with Crippen molar-refractivity contribution in [3.63, 3.8) is 0 Å². The van der Waals surface area contributed by atoms with E-state index in [1.807, 2.05) is 22.9 Å². The molecule has 2 aliphatic carbocycles. The van der Waals surface area contributed by atoms with Crippen LogP contribution >= 0.6 is 22.7 Å². The first kappa shape index (κ1) is 47.9. The molecule has 14 nitrogen and oxygen atoms in total. The van der Waals surface area contributed by atoms with Gasteiger partial charge in [0.25, 0.3) is 0 Å². The van der Waals surface area contributed by atoms with Crippen LogP contribution in [0.5, 0.6) is 0 Å². The Kier molecular flexibility index (Phi) is 15.8. The quantitative estimate of drug-likeness (QED) is 0.0919. The second kappa shape index (κ2) is 20.4. The molecule has 0 amide bonds. The fourth-order valence-corrected chi connectivity index (χ4v) is 9.65. The van der Waals surface area contributed by atoms with E-state index in [0.717, 1.165) is 68.2 Å². The maximum absolute atomic E-state index is 10.5. The number of imidazole rings is 2. The van der Waals surface area contributed by atoms with Crippen molar-refractivity contribution in [1.82, 2.24) is 29.1 Å². The fraction of sp³-hybridized carbons (Fsp3) is 0.500. The van der Waals surface area contributed by atoms with Gasteiger partial charge >= 0.3 is 12.4 Å². The first-order chi connectivity index (χ1) is 29.3. The largest absolute Gasteiger partial charge is 0.446 e. The van der Waals surface area contributed by atoms with Crippen molar-refractivity contribution in [3.05, 3.63) is 46.9 Å². The third kappa shape index (κ3) is 11.3. The average molecular weight is 909 g/mol. The number of aliphatic hydroxyl groups is 4. The first-order valence-corrected chi connectivity index (χ1v) is 21.1. The molecule has 0 spiro atoms. The van der Waals surface area contributed by atoms with E-state index in [9.17, 15) is 46.8 Å². The molecule has 0 bridgehead atoms. The van der Waals surface area contributed by atoms with Gasteiger partial charge in [-0.3, -0.25) is 19.6 Å². The predicted octanol–water partition coefficient (Wildman–Crippen LogP) is 8.13. The number of hydrogen-bond donors (Lipinski definition) is 4. The summed E-state index contributed by atoms with van der Waals surface area (Å²) in [5, 5.41) is 63.4. The predicted molar refractivity (Wildman–Crippen MR) is 217 cm³/mol. The third-order valence-electron chi connectivity index (χ3n) is 10.6. The van der Waals surface area contributed by atoms with Crippen LogP contribution in [0.25, 0.3) is 42.5 Å². The highest BCUT2D eigenvalue weighted by Crippen LogP contribution is 2.42. The Bertz CT molecular complexity index is 2380. The molecule has 4 N–H and O–H groups in total. The second-order valence-corrected chi connectivity index (χ2v) is 16.8. The number of aromatic nitrogens is 6. The van der Waals surface area contributed by atoms with Crippen LogP contribution in [0, 0.1) is 34.5 Å². The van der Waals surface area contributed by atoms with Crippen molar-refractivity contribution in [2.75, 3.05) is 0 Å². The van der Waals surface area contributed by atoms with Gasteiger partial charge in [-0.1, -0.05) is 0 Å². The summed E-state index contributed by atoms with van der Waals surface area (Å²) in [5.74, 6) is 1.31. The summed E-state index contributed by atoms with van der Waals surface area (Å²) in [6, 6.07) is 8.44. The lowest BCUT2D eigenvalue weighted by molar-refractivity contribution is -0.156. The molecule has 6 aromatic rings. The number of thiophene rings is 2. The Hall–Kier alpha value is -5.10. The molecule has 8 atom stereocenters. The maximum Gasteiger partial charge on any atom is 0.446 e. The molecule has 2 fully saturated rings. The zero-order valence-corrected chi connectivity index (χ0v) is 34.8. The van der Waals surface area contributed by atoms with E-state index in [4.69, 9.17) is 20.1 Å². The maximum atomic E-state index is 10.5. The van der Waals surface area contributed by atoms with Gasteiger partial charge in [-0.05, 0) is 87.1 Å². The molecule has 2 saturated carbocycles. The van der Waals surface area contributed by atoms with E-state index in [2.05, 4.69) is 41.2 Å². The zero-order valence-electron chi connectivity index (χ0n) is 33.2. The van der Waals surface area contributed by atoms with Crippen molar-refractivity contribution >= 4 is 77.7 Å². The van der Waals surface area contributed by atoms with Crippen LogP contribution in [0.15, 0.2) is 35.3 Å². The summed E-state index contributed by atoms with van der Waals surface area (Å²) in [6.45, 7) is 3.43. The third-order valence-corrected chi connectivity index (χ3v) is 12.4. The van der Waals surface area contributed by atoms with Gasteiger partial charge in [0.1, 0.15) is 34.9 Å². The van der Waals surface area contributed by atoms with E-state index < -0.39 is 49.3 Å². The van der Waals surface area contributed by atoms with Gasteiger partial charge in [0.05, 0.1) is 68.2 Å². The van der Waals surface area contributed by atoms with E-state index in [1.165, 1.54) is 0 Å². The number of pyridine rings is 2. The molecule has 6 aromatic heterocycles. The Labute approximate surface area is 357 Å². The lowest BCUT2D eigenvalue weighted by Gasteiger charge is -2.34. The highest BCUT2D eigenvalue weighted by Gasteiger charge is 2.35. The van der Waals surface area contributed by atoms with E-state index >= 15 is 0 Å². The molecule has 0 aromatic carbocycles. The minimum absolute atomic E-state index is 0.0365. The molecule has 332 valence electrons. The van der Waals surface area contributed by atoms with Crippen LogP contribution in [0.1, 0.15) is 101 Å². The van der Waals surface area contributed by atoms with Crippen molar-refractivity contribution < 1.29 is 56.4 Å². The lowest BCUT2D eigenvalue weighted by atomic mass is 9.81. The molecule has 62 heavy (non-hydrogen) atoms. The molecule has 0 unspecified atom stereocenters. The average Bonchev–Trinajstić information content (AvgIpc) is 4.04. The number of nitrogens with zero attached hydrogens (tertiary/aromatic N) is 8. The summed E-state index contributed by atoms with van der Waals surface area (Å²) in [6.07, 6.45) is -5.03. The molecule has 0 radical (unpaired) electrons. The number of carbonyl (C=O) groups excluding carboxylic acids is 2. The van der Waals surface area contributed by atoms with Crippen LogP contribution < -0.4 is 0 Å². The number of rotatable bonds is 6. The van der Waals surface area contributed by atoms with Gasteiger partial charge in [-0.2, -0.15) is 36.9 Å². The summed E-state index contributed by atoms with van der Waals surface area (Å²) in [5.41, 5.74) is 5.39. The Morgan fingerprint density at radius 1 is 0.710 bits per heavy atom. The molecule has 6 heterocycles. The van der Waals surface area contributed by atoms with Crippen molar-refractivity contribution in [3.8, 4) is 12.1 Å².